The van der Waals surface area contributed by atoms with E-state index in [-0.39, 0.29) is 6.42 Å². The molecule has 0 aliphatic rings. The Hall–Kier alpha value is -1.46. The summed E-state index contributed by atoms with van der Waals surface area (Å²) in [5, 5.41) is 17.6. The topological polar surface area (TPSA) is 83.8 Å². The molecule has 0 amide bonds. The Kier molecular flexibility index (Phi) is 19.2. The van der Waals surface area contributed by atoms with Gasteiger partial charge in [0.2, 0.25) is 0 Å². The van der Waals surface area contributed by atoms with Gasteiger partial charge in [-0.25, -0.2) is 4.79 Å². The van der Waals surface area contributed by atoms with E-state index >= 15 is 0 Å². The highest BCUT2D eigenvalue weighted by atomic mass is 16.6. The molecular weight excluding hydrogens is 356 g/mol. The van der Waals surface area contributed by atoms with Gasteiger partial charge in [-0.15, -0.1) is 0 Å². The van der Waals surface area contributed by atoms with Gasteiger partial charge in [0.1, 0.15) is 0 Å². The van der Waals surface area contributed by atoms with E-state index in [1.54, 1.807) is 0 Å². The predicted octanol–water partition coefficient (Wildman–Crippen LogP) is 5.00. The Balaban J connectivity index is 3.36. The molecule has 28 heavy (non-hydrogen) atoms. The van der Waals surface area contributed by atoms with Crippen LogP contribution in [0.2, 0.25) is 0 Å². The first kappa shape index (κ1) is 26.5. The quantitative estimate of drug-likeness (QED) is 0.147. The molecule has 0 rings (SSSR count). The number of esters is 2. The van der Waals surface area contributed by atoms with E-state index in [0.717, 1.165) is 32.1 Å². The summed E-state index contributed by atoms with van der Waals surface area (Å²) in [4.78, 5) is 22.5. The molecule has 0 aliphatic carbocycles. The molecule has 0 saturated carbocycles. The number of hydrogen-bond acceptors (Lipinski definition) is 5. The Labute approximate surface area is 170 Å². The summed E-state index contributed by atoms with van der Waals surface area (Å²) >= 11 is 0. The normalized spacial score (nSPS) is 12.7. The minimum Gasteiger partial charge on any atom is -0.393 e. The van der Waals surface area contributed by atoms with Crippen molar-refractivity contribution in [3.8, 4) is 0 Å². The number of aliphatic hydroxyl groups excluding tert-OH is 2. The van der Waals surface area contributed by atoms with Crippen LogP contribution in [0, 0.1) is 0 Å². The highest BCUT2D eigenvalue weighted by molar-refractivity contribution is 5.87. The van der Waals surface area contributed by atoms with Crippen molar-refractivity contribution in [2.75, 3.05) is 6.61 Å². The standard InChI is InChI=1S/C23H40O5/c1-2-3-4-5-6-7-8-9-10-11-12-13-14-15-16-17-18-19-22(26)28-23(27)21(25)20-24/h6-7,9-10,21,24-25H,2-5,8,11-20H2,1H3/b7-6?,10-9-. The lowest BCUT2D eigenvalue weighted by atomic mass is 10.1. The minimum atomic E-state index is -1.63. The van der Waals surface area contributed by atoms with Crippen LogP contribution in [0.3, 0.4) is 0 Å². The largest absolute Gasteiger partial charge is 0.393 e. The van der Waals surface area contributed by atoms with Crippen LogP contribution in [0.25, 0.3) is 0 Å². The van der Waals surface area contributed by atoms with Crippen LogP contribution < -0.4 is 0 Å². The molecule has 2 N–H and O–H groups in total. The van der Waals surface area contributed by atoms with Gasteiger partial charge in [0.25, 0.3) is 0 Å². The van der Waals surface area contributed by atoms with Gasteiger partial charge in [0.15, 0.2) is 6.10 Å². The Morgan fingerprint density at radius 2 is 1.36 bits per heavy atom. The van der Waals surface area contributed by atoms with Crippen molar-refractivity contribution < 1.29 is 24.5 Å². The zero-order chi connectivity index (χ0) is 20.9. The fraction of sp³-hybridized carbons (Fsp3) is 0.739. The second-order valence-corrected chi connectivity index (χ2v) is 7.18. The highest BCUT2D eigenvalue weighted by Crippen LogP contribution is 2.10. The van der Waals surface area contributed by atoms with Gasteiger partial charge in [-0.2, -0.15) is 0 Å². The summed E-state index contributed by atoms with van der Waals surface area (Å²) in [5.74, 6) is -1.72. The van der Waals surface area contributed by atoms with Crippen molar-refractivity contribution in [2.24, 2.45) is 0 Å². The average molecular weight is 397 g/mol. The molecule has 0 saturated heterocycles. The van der Waals surface area contributed by atoms with E-state index in [0.29, 0.717) is 6.42 Å². The summed E-state index contributed by atoms with van der Waals surface area (Å²) < 4.78 is 4.43. The molecule has 162 valence electrons. The average Bonchev–Trinajstić information content (AvgIpc) is 2.69. The molecule has 1 atom stereocenters. The van der Waals surface area contributed by atoms with Crippen LogP contribution in [0.1, 0.15) is 96.8 Å². The van der Waals surface area contributed by atoms with Gasteiger partial charge in [0.05, 0.1) is 6.61 Å². The smallest absolute Gasteiger partial charge is 0.345 e. The highest BCUT2D eigenvalue weighted by Gasteiger charge is 2.18. The monoisotopic (exact) mass is 396 g/mol. The van der Waals surface area contributed by atoms with E-state index in [2.05, 4.69) is 36.0 Å². The first-order valence-corrected chi connectivity index (χ1v) is 10.9. The van der Waals surface area contributed by atoms with E-state index < -0.39 is 24.6 Å². The van der Waals surface area contributed by atoms with Crippen molar-refractivity contribution in [2.45, 2.75) is 103 Å². The summed E-state index contributed by atoms with van der Waals surface area (Å²) in [6.07, 6.45) is 22.4. The molecule has 5 nitrogen and oxygen atoms in total. The number of aliphatic hydroxyl groups is 2. The van der Waals surface area contributed by atoms with Crippen molar-refractivity contribution in [1.82, 2.24) is 0 Å². The third kappa shape index (κ3) is 17.9. The van der Waals surface area contributed by atoms with E-state index in [1.807, 2.05) is 0 Å². The van der Waals surface area contributed by atoms with Gasteiger partial charge in [-0.05, 0) is 38.5 Å². The Morgan fingerprint density at radius 1 is 0.821 bits per heavy atom. The van der Waals surface area contributed by atoms with Crippen LogP contribution in [0.4, 0.5) is 0 Å². The molecule has 0 spiro atoms. The molecule has 0 radical (unpaired) electrons. The van der Waals surface area contributed by atoms with E-state index in [9.17, 15) is 9.59 Å². The molecule has 0 aromatic rings. The second-order valence-electron chi connectivity index (χ2n) is 7.18. The summed E-state index contributed by atoms with van der Waals surface area (Å²) in [6.45, 7) is 1.49. The van der Waals surface area contributed by atoms with Crippen molar-refractivity contribution in [1.29, 1.82) is 0 Å². The second kappa shape index (κ2) is 20.3. The first-order chi connectivity index (χ1) is 13.6. The third-order valence-electron chi connectivity index (χ3n) is 4.49. The molecule has 0 heterocycles. The number of rotatable bonds is 18. The Morgan fingerprint density at radius 3 is 1.93 bits per heavy atom. The molecule has 0 aliphatic heterocycles. The van der Waals surface area contributed by atoms with Crippen LogP contribution >= 0.6 is 0 Å². The van der Waals surface area contributed by atoms with Crippen LogP contribution in [0.5, 0.6) is 0 Å². The summed E-state index contributed by atoms with van der Waals surface area (Å²) in [7, 11) is 0. The van der Waals surface area contributed by atoms with Crippen molar-refractivity contribution in [3.63, 3.8) is 0 Å². The molecule has 1 unspecified atom stereocenters. The SMILES string of the molecule is CCCCCC=CC/C=C\CCCCCCCCCC(=O)OC(=O)C(O)CO. The van der Waals surface area contributed by atoms with Crippen molar-refractivity contribution in [3.05, 3.63) is 24.3 Å². The van der Waals surface area contributed by atoms with Gasteiger partial charge in [-0.1, -0.05) is 76.2 Å². The van der Waals surface area contributed by atoms with Crippen LogP contribution in [-0.4, -0.2) is 34.9 Å². The number of hydrogen-bond donors (Lipinski definition) is 2. The molecule has 5 heteroatoms. The van der Waals surface area contributed by atoms with Crippen LogP contribution in [0.15, 0.2) is 24.3 Å². The molecule has 0 aromatic carbocycles. The molecule has 0 fully saturated rings. The minimum absolute atomic E-state index is 0.168. The summed E-state index contributed by atoms with van der Waals surface area (Å²) in [6, 6.07) is 0. The van der Waals surface area contributed by atoms with E-state index in [1.165, 1.54) is 44.9 Å². The lowest BCUT2D eigenvalue weighted by Gasteiger charge is -2.06. The Bertz CT molecular complexity index is 442. The number of carbonyl (C=O) groups excluding carboxylic acids is 2. The van der Waals surface area contributed by atoms with Crippen LogP contribution in [-0.2, 0) is 14.3 Å². The number of unbranched alkanes of at least 4 members (excludes halogenated alkanes) is 10. The van der Waals surface area contributed by atoms with Gasteiger partial charge in [0, 0.05) is 6.42 Å². The van der Waals surface area contributed by atoms with E-state index in [4.69, 9.17) is 10.2 Å². The fourth-order valence-electron chi connectivity index (χ4n) is 2.74. The molecule has 0 aromatic heterocycles. The zero-order valence-corrected chi connectivity index (χ0v) is 17.6. The number of ether oxygens (including phenoxy) is 1. The fourth-order valence-corrected chi connectivity index (χ4v) is 2.74. The first-order valence-electron chi connectivity index (χ1n) is 10.9. The molecule has 0 bridgehead atoms. The summed E-state index contributed by atoms with van der Waals surface area (Å²) in [5.41, 5.74) is 0. The lowest BCUT2D eigenvalue weighted by Crippen LogP contribution is -2.28. The molecular formula is C23H40O5. The van der Waals surface area contributed by atoms with Crippen molar-refractivity contribution >= 4 is 11.9 Å². The number of carbonyl (C=O) groups is 2. The van der Waals surface area contributed by atoms with Gasteiger partial charge < -0.3 is 14.9 Å². The predicted molar refractivity (Wildman–Crippen MR) is 113 cm³/mol. The zero-order valence-electron chi connectivity index (χ0n) is 17.6. The maximum Gasteiger partial charge on any atom is 0.345 e. The third-order valence-corrected chi connectivity index (χ3v) is 4.49. The maximum atomic E-state index is 11.4. The lowest BCUT2D eigenvalue weighted by molar-refractivity contribution is -0.167. The van der Waals surface area contributed by atoms with Gasteiger partial charge >= 0.3 is 11.9 Å². The number of allylic oxidation sites excluding steroid dienone is 4. The maximum absolute atomic E-state index is 11.4. The van der Waals surface area contributed by atoms with Gasteiger partial charge in [-0.3, -0.25) is 4.79 Å².